The van der Waals surface area contributed by atoms with Crippen molar-refractivity contribution in [1.29, 1.82) is 0 Å². The van der Waals surface area contributed by atoms with E-state index in [4.69, 9.17) is 0 Å². The van der Waals surface area contributed by atoms with E-state index < -0.39 is 0 Å². The molecule has 2 aliphatic rings. The Labute approximate surface area is 94.5 Å². The number of fused-ring (bicyclic) bond motifs is 1. The van der Waals surface area contributed by atoms with Gasteiger partial charge in [0, 0.05) is 0 Å². The normalized spacial score (nSPS) is 40.6. The summed E-state index contributed by atoms with van der Waals surface area (Å²) < 4.78 is 0. The molecule has 0 nitrogen and oxygen atoms in total. The summed E-state index contributed by atoms with van der Waals surface area (Å²) in [5.74, 6) is 1.63. The van der Waals surface area contributed by atoms with Crippen LogP contribution in [0, 0.1) is 17.3 Å². The van der Waals surface area contributed by atoms with Gasteiger partial charge in [0.05, 0.1) is 0 Å². The molecule has 0 amide bonds. The first-order chi connectivity index (χ1) is 7.04. The second-order valence-electron chi connectivity index (χ2n) is 5.91. The third-order valence-electron chi connectivity index (χ3n) is 4.94. The smallest absolute Gasteiger partial charge is 0.00850 e. The highest BCUT2D eigenvalue weighted by atomic mass is 14.5. The summed E-state index contributed by atoms with van der Waals surface area (Å²) in [5.41, 5.74) is 3.63. The van der Waals surface area contributed by atoms with Gasteiger partial charge < -0.3 is 0 Å². The molecule has 0 bridgehead atoms. The third kappa shape index (κ3) is 1.79. The molecule has 0 heteroatoms. The highest BCUT2D eigenvalue weighted by Gasteiger charge is 2.41. The molecule has 2 rings (SSSR count). The van der Waals surface area contributed by atoms with Gasteiger partial charge in [0.2, 0.25) is 0 Å². The predicted octanol–water partition coefficient (Wildman–Crippen LogP) is 4.73. The van der Waals surface area contributed by atoms with E-state index in [9.17, 15) is 0 Å². The van der Waals surface area contributed by atoms with Crippen LogP contribution >= 0.6 is 0 Å². The molecule has 0 N–H and O–H groups in total. The van der Waals surface area contributed by atoms with Crippen LogP contribution in [0.3, 0.4) is 0 Å². The van der Waals surface area contributed by atoms with Crippen molar-refractivity contribution in [3.63, 3.8) is 0 Å². The Hall–Kier alpha value is -0.520. The van der Waals surface area contributed by atoms with Crippen LogP contribution in [-0.2, 0) is 0 Å². The highest BCUT2D eigenvalue weighted by Crippen LogP contribution is 2.53. The fourth-order valence-corrected chi connectivity index (χ4v) is 3.46. The summed E-state index contributed by atoms with van der Waals surface area (Å²) in [6.07, 6.45) is 9.21. The van der Waals surface area contributed by atoms with Crippen molar-refractivity contribution in [2.24, 2.45) is 17.3 Å². The first-order valence-corrected chi connectivity index (χ1v) is 6.39. The third-order valence-corrected chi connectivity index (χ3v) is 4.94. The Bertz CT molecular complexity index is 297. The van der Waals surface area contributed by atoms with E-state index in [1.807, 2.05) is 0 Å². The summed E-state index contributed by atoms with van der Waals surface area (Å²) in [7, 11) is 0. The molecule has 0 spiro atoms. The maximum Gasteiger partial charge on any atom is -0.00850 e. The molecule has 0 heterocycles. The van der Waals surface area contributed by atoms with Crippen LogP contribution in [0.15, 0.2) is 23.8 Å². The van der Waals surface area contributed by atoms with Gasteiger partial charge in [-0.25, -0.2) is 0 Å². The Kier molecular flexibility index (Phi) is 2.79. The first-order valence-electron chi connectivity index (χ1n) is 6.39. The standard InChI is InChI=1S/C15H24/c1-11(2)13-8-9-14-7-5-6-12(3)15(14,4)10-13/h7,12-13H,1,5-6,8-10H2,2-4H3/t12?,13?,15-/m0/s1. The van der Waals surface area contributed by atoms with Crippen LogP contribution in [0.5, 0.6) is 0 Å². The molecular weight excluding hydrogens is 180 g/mol. The largest absolute Gasteiger partial charge is 0.0999 e. The van der Waals surface area contributed by atoms with Crippen molar-refractivity contribution in [2.75, 3.05) is 0 Å². The van der Waals surface area contributed by atoms with Crippen molar-refractivity contribution in [1.82, 2.24) is 0 Å². The van der Waals surface area contributed by atoms with E-state index in [1.165, 1.54) is 37.7 Å². The van der Waals surface area contributed by atoms with Crippen LogP contribution in [-0.4, -0.2) is 0 Å². The lowest BCUT2D eigenvalue weighted by Crippen LogP contribution is -2.36. The molecule has 1 fully saturated rings. The van der Waals surface area contributed by atoms with Crippen molar-refractivity contribution in [2.45, 2.75) is 52.9 Å². The van der Waals surface area contributed by atoms with Crippen molar-refractivity contribution >= 4 is 0 Å². The molecular formula is C15H24. The molecule has 15 heavy (non-hydrogen) atoms. The fraction of sp³-hybridized carbons (Fsp3) is 0.733. The van der Waals surface area contributed by atoms with Crippen molar-refractivity contribution in [3.05, 3.63) is 23.8 Å². The average molecular weight is 204 g/mol. The topological polar surface area (TPSA) is 0 Å². The lowest BCUT2D eigenvalue weighted by molar-refractivity contribution is 0.151. The minimum Gasteiger partial charge on any atom is -0.0999 e. The zero-order chi connectivity index (χ0) is 11.1. The fourth-order valence-electron chi connectivity index (χ4n) is 3.46. The molecule has 0 saturated heterocycles. The summed E-state index contributed by atoms with van der Waals surface area (Å²) in [4.78, 5) is 0. The van der Waals surface area contributed by atoms with Crippen LogP contribution in [0.1, 0.15) is 52.9 Å². The van der Waals surface area contributed by atoms with Gasteiger partial charge in [0.1, 0.15) is 0 Å². The molecule has 2 unspecified atom stereocenters. The zero-order valence-electron chi connectivity index (χ0n) is 10.5. The van der Waals surface area contributed by atoms with Gasteiger partial charge in [0.25, 0.3) is 0 Å². The van der Waals surface area contributed by atoms with Gasteiger partial charge in [-0.15, -0.1) is 0 Å². The van der Waals surface area contributed by atoms with Crippen LogP contribution in [0.2, 0.25) is 0 Å². The number of hydrogen-bond donors (Lipinski definition) is 0. The Balaban J connectivity index is 2.24. The molecule has 1 saturated carbocycles. The number of rotatable bonds is 1. The molecule has 0 aromatic rings. The van der Waals surface area contributed by atoms with E-state index in [0.717, 1.165) is 11.8 Å². The summed E-state index contributed by atoms with van der Waals surface area (Å²) in [5, 5.41) is 0. The van der Waals surface area contributed by atoms with Gasteiger partial charge in [0.15, 0.2) is 0 Å². The van der Waals surface area contributed by atoms with E-state index in [-0.39, 0.29) is 0 Å². The van der Waals surface area contributed by atoms with E-state index >= 15 is 0 Å². The molecule has 84 valence electrons. The lowest BCUT2D eigenvalue weighted by atomic mass is 9.58. The summed E-state index contributed by atoms with van der Waals surface area (Å²) in [6.45, 7) is 11.3. The van der Waals surface area contributed by atoms with Gasteiger partial charge >= 0.3 is 0 Å². The highest BCUT2D eigenvalue weighted by molar-refractivity contribution is 5.23. The zero-order valence-corrected chi connectivity index (χ0v) is 10.5. The maximum absolute atomic E-state index is 4.15. The van der Waals surface area contributed by atoms with Crippen LogP contribution in [0.4, 0.5) is 0 Å². The molecule has 0 aromatic carbocycles. The van der Waals surface area contributed by atoms with Gasteiger partial charge in [-0.05, 0) is 56.3 Å². The lowest BCUT2D eigenvalue weighted by Gasteiger charge is -2.47. The van der Waals surface area contributed by atoms with Crippen molar-refractivity contribution < 1.29 is 0 Å². The quantitative estimate of drug-likeness (QED) is 0.542. The van der Waals surface area contributed by atoms with E-state index in [2.05, 4.69) is 33.4 Å². The molecule has 3 atom stereocenters. The SMILES string of the molecule is C=C(C)C1CCC2=CCCC(C)[C@]2(C)C1. The van der Waals surface area contributed by atoms with E-state index in [1.54, 1.807) is 5.57 Å². The van der Waals surface area contributed by atoms with Gasteiger partial charge in [-0.3, -0.25) is 0 Å². The molecule has 0 aliphatic heterocycles. The minimum atomic E-state index is 0.486. The monoisotopic (exact) mass is 204 g/mol. The number of allylic oxidation sites excluding steroid dienone is 3. The van der Waals surface area contributed by atoms with Gasteiger partial charge in [-0.1, -0.05) is 37.6 Å². The summed E-state index contributed by atoms with van der Waals surface area (Å²) in [6, 6.07) is 0. The second-order valence-corrected chi connectivity index (χ2v) is 5.91. The first kappa shape index (κ1) is 11.0. The van der Waals surface area contributed by atoms with Crippen LogP contribution < -0.4 is 0 Å². The number of hydrogen-bond acceptors (Lipinski definition) is 0. The molecule has 2 aliphatic carbocycles. The molecule has 0 radical (unpaired) electrons. The minimum absolute atomic E-state index is 0.486. The Morgan fingerprint density at radius 3 is 2.87 bits per heavy atom. The predicted molar refractivity (Wildman–Crippen MR) is 66.7 cm³/mol. The average Bonchev–Trinajstić information content (AvgIpc) is 2.19. The molecule has 0 aromatic heterocycles. The second kappa shape index (κ2) is 3.81. The van der Waals surface area contributed by atoms with Crippen LogP contribution in [0.25, 0.3) is 0 Å². The van der Waals surface area contributed by atoms with E-state index in [0.29, 0.717) is 5.41 Å². The van der Waals surface area contributed by atoms with Gasteiger partial charge in [-0.2, -0.15) is 0 Å². The maximum atomic E-state index is 4.15. The Morgan fingerprint density at radius 1 is 1.47 bits per heavy atom. The van der Waals surface area contributed by atoms with Crippen molar-refractivity contribution in [3.8, 4) is 0 Å². The Morgan fingerprint density at radius 2 is 2.20 bits per heavy atom. The summed E-state index contributed by atoms with van der Waals surface area (Å²) >= 11 is 0.